The molecule has 0 bridgehead atoms. The largest absolute Gasteiger partial charge is 0.489 e. The fourth-order valence-corrected chi connectivity index (χ4v) is 1.78. The van der Waals surface area contributed by atoms with Crippen LogP contribution in [0.1, 0.15) is 25.8 Å². The van der Waals surface area contributed by atoms with Crippen LogP contribution in [0.15, 0.2) is 12.1 Å². The molecule has 4 nitrogen and oxygen atoms in total. The first-order chi connectivity index (χ1) is 7.56. The van der Waals surface area contributed by atoms with Gasteiger partial charge in [0.15, 0.2) is 0 Å². The monoisotopic (exact) mass is 220 g/mol. The number of benzene rings is 1. The Hall–Kier alpha value is -1.71. The molecule has 1 aromatic carbocycles. The van der Waals surface area contributed by atoms with Crippen LogP contribution in [-0.2, 0) is 11.2 Å². The summed E-state index contributed by atoms with van der Waals surface area (Å²) in [6.45, 7) is 3.92. The number of hydrogen-bond donors (Lipinski definition) is 2. The Labute approximate surface area is 94.8 Å². The molecule has 1 aliphatic rings. The van der Waals surface area contributed by atoms with E-state index in [2.05, 4.69) is 5.32 Å². The summed E-state index contributed by atoms with van der Waals surface area (Å²) in [5.74, 6) is 0.745. The van der Waals surface area contributed by atoms with E-state index in [0.29, 0.717) is 17.9 Å². The second kappa shape index (κ2) is 4.04. The van der Waals surface area contributed by atoms with Gasteiger partial charge in [0.25, 0.3) is 0 Å². The van der Waals surface area contributed by atoms with Gasteiger partial charge in [-0.15, -0.1) is 0 Å². The smallest absolute Gasteiger partial charge is 0.224 e. The number of nitrogens with two attached hydrogens (primary N) is 1. The number of nitrogens with one attached hydrogen (secondary N) is 1. The summed E-state index contributed by atoms with van der Waals surface area (Å²) >= 11 is 0. The van der Waals surface area contributed by atoms with Crippen molar-refractivity contribution in [2.45, 2.75) is 32.8 Å². The number of anilines is 2. The Morgan fingerprint density at radius 1 is 1.38 bits per heavy atom. The molecule has 0 fully saturated rings. The summed E-state index contributed by atoms with van der Waals surface area (Å²) in [7, 11) is 0. The Bertz CT molecular complexity index is 427. The second-order valence-corrected chi connectivity index (χ2v) is 4.26. The highest BCUT2D eigenvalue weighted by molar-refractivity contribution is 5.94. The highest BCUT2D eigenvalue weighted by atomic mass is 16.5. The predicted molar refractivity (Wildman–Crippen MR) is 63.6 cm³/mol. The number of carbonyl (C=O) groups excluding carboxylic acids is 1. The van der Waals surface area contributed by atoms with Crippen LogP contribution in [0.2, 0.25) is 0 Å². The maximum atomic E-state index is 11.2. The molecule has 4 heteroatoms. The number of rotatable bonds is 2. The minimum atomic E-state index is 0.0458. The number of hydrogen-bond acceptors (Lipinski definition) is 3. The zero-order chi connectivity index (χ0) is 11.7. The Balaban J connectivity index is 2.34. The van der Waals surface area contributed by atoms with Crippen LogP contribution in [0.3, 0.4) is 0 Å². The zero-order valence-corrected chi connectivity index (χ0v) is 9.54. The van der Waals surface area contributed by atoms with E-state index < -0.39 is 0 Å². The van der Waals surface area contributed by atoms with Gasteiger partial charge in [0, 0.05) is 12.1 Å². The third kappa shape index (κ3) is 2.10. The molecule has 3 N–H and O–H groups in total. The average molecular weight is 220 g/mol. The lowest BCUT2D eigenvalue weighted by Gasteiger charge is -2.20. The number of amides is 1. The van der Waals surface area contributed by atoms with Crippen molar-refractivity contribution in [2.75, 3.05) is 11.1 Å². The number of fused-ring (bicyclic) bond motifs is 1. The van der Waals surface area contributed by atoms with Gasteiger partial charge in [-0.25, -0.2) is 0 Å². The Morgan fingerprint density at radius 2 is 2.12 bits per heavy atom. The molecule has 1 amide bonds. The third-order valence-electron chi connectivity index (χ3n) is 2.49. The van der Waals surface area contributed by atoms with Crippen molar-refractivity contribution < 1.29 is 9.53 Å². The van der Waals surface area contributed by atoms with Gasteiger partial charge in [0.2, 0.25) is 5.91 Å². The maximum Gasteiger partial charge on any atom is 0.224 e. The van der Waals surface area contributed by atoms with E-state index in [0.717, 1.165) is 17.7 Å². The van der Waals surface area contributed by atoms with Crippen LogP contribution >= 0.6 is 0 Å². The fourth-order valence-electron chi connectivity index (χ4n) is 1.78. The van der Waals surface area contributed by atoms with Crippen molar-refractivity contribution in [1.82, 2.24) is 0 Å². The molecule has 0 saturated heterocycles. The Kier molecular flexibility index (Phi) is 2.73. The third-order valence-corrected chi connectivity index (χ3v) is 2.49. The molecule has 0 saturated carbocycles. The van der Waals surface area contributed by atoms with Crippen molar-refractivity contribution >= 4 is 17.3 Å². The first kappa shape index (κ1) is 10.8. The van der Waals surface area contributed by atoms with Crippen LogP contribution in [0.4, 0.5) is 11.4 Å². The fraction of sp³-hybridized carbons (Fsp3) is 0.417. The van der Waals surface area contributed by atoms with Crippen molar-refractivity contribution in [2.24, 2.45) is 0 Å². The van der Waals surface area contributed by atoms with E-state index in [4.69, 9.17) is 10.5 Å². The van der Waals surface area contributed by atoms with E-state index in [-0.39, 0.29) is 12.0 Å². The summed E-state index contributed by atoms with van der Waals surface area (Å²) in [4.78, 5) is 11.2. The van der Waals surface area contributed by atoms with E-state index in [1.165, 1.54) is 0 Å². The van der Waals surface area contributed by atoms with Crippen molar-refractivity contribution in [3.05, 3.63) is 17.7 Å². The van der Waals surface area contributed by atoms with Gasteiger partial charge in [-0.1, -0.05) is 0 Å². The molecule has 0 spiro atoms. The SMILES string of the molecule is CC(C)Oc1cc2c(cc1N)NC(=O)CC2. The summed E-state index contributed by atoms with van der Waals surface area (Å²) in [5, 5.41) is 2.81. The van der Waals surface area contributed by atoms with Gasteiger partial charge in [-0.2, -0.15) is 0 Å². The van der Waals surface area contributed by atoms with Gasteiger partial charge < -0.3 is 15.8 Å². The quantitative estimate of drug-likeness (QED) is 0.748. The molecule has 2 rings (SSSR count). The average Bonchev–Trinajstić information content (AvgIpc) is 2.19. The lowest BCUT2D eigenvalue weighted by molar-refractivity contribution is -0.116. The van der Waals surface area contributed by atoms with Crippen LogP contribution in [0.5, 0.6) is 5.75 Å². The molecule has 16 heavy (non-hydrogen) atoms. The summed E-state index contributed by atoms with van der Waals surface area (Å²) in [5.41, 5.74) is 8.32. The molecule has 86 valence electrons. The predicted octanol–water partition coefficient (Wildman–Crippen LogP) is 1.94. The van der Waals surface area contributed by atoms with E-state index in [9.17, 15) is 4.79 Å². The van der Waals surface area contributed by atoms with Gasteiger partial charge in [0.05, 0.1) is 11.8 Å². The summed E-state index contributed by atoms with van der Waals surface area (Å²) < 4.78 is 5.60. The van der Waals surface area contributed by atoms with E-state index >= 15 is 0 Å². The van der Waals surface area contributed by atoms with Crippen LogP contribution in [0, 0.1) is 0 Å². The van der Waals surface area contributed by atoms with Gasteiger partial charge in [0.1, 0.15) is 5.75 Å². The number of ether oxygens (including phenoxy) is 1. The Morgan fingerprint density at radius 3 is 2.81 bits per heavy atom. The first-order valence-corrected chi connectivity index (χ1v) is 5.45. The molecule has 0 unspecified atom stereocenters. The number of nitrogen functional groups attached to an aromatic ring is 1. The molecule has 1 aliphatic heterocycles. The van der Waals surface area contributed by atoms with Crippen LogP contribution in [0.25, 0.3) is 0 Å². The minimum Gasteiger partial charge on any atom is -0.489 e. The van der Waals surface area contributed by atoms with E-state index in [1.54, 1.807) is 6.07 Å². The molecule has 0 atom stereocenters. The van der Waals surface area contributed by atoms with Crippen molar-refractivity contribution in [3.63, 3.8) is 0 Å². The summed E-state index contributed by atoms with van der Waals surface area (Å²) in [6, 6.07) is 3.69. The number of carbonyl (C=O) groups is 1. The maximum absolute atomic E-state index is 11.2. The molecular weight excluding hydrogens is 204 g/mol. The van der Waals surface area contributed by atoms with E-state index in [1.807, 2.05) is 19.9 Å². The standard InChI is InChI=1S/C12H16N2O2/c1-7(2)16-11-5-8-3-4-12(15)14-10(8)6-9(11)13/h5-7H,3-4,13H2,1-2H3,(H,14,15). The van der Waals surface area contributed by atoms with Gasteiger partial charge in [-0.3, -0.25) is 4.79 Å². The van der Waals surface area contributed by atoms with Crippen molar-refractivity contribution in [3.8, 4) is 5.75 Å². The lowest BCUT2D eigenvalue weighted by atomic mass is 10.0. The molecule has 0 aromatic heterocycles. The van der Waals surface area contributed by atoms with Gasteiger partial charge in [-0.05, 0) is 38.0 Å². The number of aryl methyl sites for hydroxylation is 1. The van der Waals surface area contributed by atoms with Gasteiger partial charge >= 0.3 is 0 Å². The highest BCUT2D eigenvalue weighted by Crippen LogP contribution is 2.32. The first-order valence-electron chi connectivity index (χ1n) is 5.45. The topological polar surface area (TPSA) is 64.3 Å². The lowest BCUT2D eigenvalue weighted by Crippen LogP contribution is -2.19. The molecule has 1 aromatic rings. The van der Waals surface area contributed by atoms with Crippen LogP contribution in [-0.4, -0.2) is 12.0 Å². The minimum absolute atomic E-state index is 0.0458. The highest BCUT2D eigenvalue weighted by Gasteiger charge is 2.17. The molecule has 1 heterocycles. The second-order valence-electron chi connectivity index (χ2n) is 4.26. The van der Waals surface area contributed by atoms with Crippen molar-refractivity contribution in [1.29, 1.82) is 0 Å². The van der Waals surface area contributed by atoms with Crippen LogP contribution < -0.4 is 15.8 Å². The summed E-state index contributed by atoms with van der Waals surface area (Å²) in [6.07, 6.45) is 1.37. The zero-order valence-electron chi connectivity index (χ0n) is 9.54. The molecular formula is C12H16N2O2. The molecule has 0 radical (unpaired) electrons. The molecule has 0 aliphatic carbocycles. The normalized spacial score (nSPS) is 14.6.